The van der Waals surface area contributed by atoms with Crippen molar-refractivity contribution in [2.75, 3.05) is 0 Å². The Morgan fingerprint density at radius 3 is 2.67 bits per heavy atom. The molecule has 0 saturated carbocycles. The molecular formula is C7H5ClF2N2. The minimum Gasteiger partial charge on any atom is -0.323 e. The van der Waals surface area contributed by atoms with Gasteiger partial charge in [-0.1, -0.05) is 11.6 Å². The summed E-state index contributed by atoms with van der Waals surface area (Å²) in [6.45, 7) is 0. The van der Waals surface area contributed by atoms with Gasteiger partial charge in [0.15, 0.2) is 5.82 Å². The van der Waals surface area contributed by atoms with Gasteiger partial charge in [0.25, 0.3) is 0 Å². The molecule has 0 aliphatic carbocycles. The van der Waals surface area contributed by atoms with Crippen molar-refractivity contribution in [2.24, 2.45) is 10.9 Å². The largest absolute Gasteiger partial charge is 0.323 e. The molecule has 0 unspecified atom stereocenters. The van der Waals surface area contributed by atoms with Gasteiger partial charge in [0.05, 0.1) is 6.21 Å². The number of halogens is 3. The second-order valence-electron chi connectivity index (χ2n) is 2.04. The van der Waals surface area contributed by atoms with E-state index in [1.54, 1.807) is 0 Å². The van der Waals surface area contributed by atoms with Crippen molar-refractivity contribution in [1.82, 2.24) is 0 Å². The van der Waals surface area contributed by atoms with Crippen LogP contribution in [-0.4, -0.2) is 6.21 Å². The number of hydrogen-bond donors (Lipinski definition) is 1. The van der Waals surface area contributed by atoms with E-state index in [1.165, 1.54) is 6.07 Å². The van der Waals surface area contributed by atoms with Gasteiger partial charge in [0.1, 0.15) is 10.8 Å². The molecule has 12 heavy (non-hydrogen) atoms. The first-order chi connectivity index (χ1) is 5.66. The summed E-state index contributed by atoms with van der Waals surface area (Å²) in [6, 6.07) is 2.25. The molecule has 0 aliphatic rings. The molecule has 0 bridgehead atoms. The number of hydrogen-bond acceptors (Lipinski definition) is 2. The quantitative estimate of drug-likeness (QED) is 0.312. The van der Waals surface area contributed by atoms with Crippen molar-refractivity contribution in [3.05, 3.63) is 34.4 Å². The van der Waals surface area contributed by atoms with Gasteiger partial charge in [-0.15, -0.1) is 0 Å². The van der Waals surface area contributed by atoms with Crippen molar-refractivity contribution >= 4 is 17.8 Å². The van der Waals surface area contributed by atoms with Gasteiger partial charge < -0.3 is 5.84 Å². The molecule has 0 atom stereocenters. The van der Waals surface area contributed by atoms with E-state index in [1.807, 2.05) is 0 Å². The van der Waals surface area contributed by atoms with Crippen molar-refractivity contribution in [3.8, 4) is 0 Å². The highest BCUT2D eigenvalue weighted by Gasteiger charge is 2.09. The summed E-state index contributed by atoms with van der Waals surface area (Å²) in [6.07, 6.45) is 1.06. The Kier molecular flexibility index (Phi) is 2.60. The summed E-state index contributed by atoms with van der Waals surface area (Å²) in [7, 11) is 0. The van der Waals surface area contributed by atoms with Gasteiger partial charge in [0, 0.05) is 5.56 Å². The standard InChI is InChI=1S/C7H5ClF2N2/c8-6-5(9)2-1-4(3-12-11)7(6)10/h1-3H,11H2/b12-3+. The maximum atomic E-state index is 12.9. The molecular weight excluding hydrogens is 186 g/mol. The molecule has 0 saturated heterocycles. The zero-order valence-corrected chi connectivity index (χ0v) is 6.65. The Labute approximate surface area is 72.6 Å². The predicted molar refractivity (Wildman–Crippen MR) is 43.1 cm³/mol. The second-order valence-corrected chi connectivity index (χ2v) is 2.42. The Hall–Kier alpha value is -1.16. The lowest BCUT2D eigenvalue weighted by molar-refractivity contribution is 0.583. The molecule has 0 spiro atoms. The third kappa shape index (κ3) is 1.53. The summed E-state index contributed by atoms with van der Waals surface area (Å²) in [5, 5.41) is 2.54. The molecule has 5 heteroatoms. The van der Waals surface area contributed by atoms with Crippen LogP contribution in [-0.2, 0) is 0 Å². The van der Waals surface area contributed by atoms with Gasteiger partial charge in [-0.05, 0) is 12.1 Å². The van der Waals surface area contributed by atoms with E-state index in [4.69, 9.17) is 17.4 Å². The highest BCUT2D eigenvalue weighted by molar-refractivity contribution is 6.31. The third-order valence-electron chi connectivity index (χ3n) is 1.28. The molecule has 0 fully saturated rings. The molecule has 1 rings (SSSR count). The van der Waals surface area contributed by atoms with Crippen LogP contribution in [0.5, 0.6) is 0 Å². The average Bonchev–Trinajstić information content (AvgIpc) is 2.07. The third-order valence-corrected chi connectivity index (χ3v) is 1.63. The van der Waals surface area contributed by atoms with Crippen molar-refractivity contribution in [3.63, 3.8) is 0 Å². The highest BCUT2D eigenvalue weighted by atomic mass is 35.5. The zero-order chi connectivity index (χ0) is 9.14. The van der Waals surface area contributed by atoms with Gasteiger partial charge in [-0.25, -0.2) is 8.78 Å². The van der Waals surface area contributed by atoms with E-state index < -0.39 is 16.7 Å². The van der Waals surface area contributed by atoms with Crippen molar-refractivity contribution < 1.29 is 8.78 Å². The van der Waals surface area contributed by atoms with Crippen LogP contribution in [0.2, 0.25) is 5.02 Å². The highest BCUT2D eigenvalue weighted by Crippen LogP contribution is 2.20. The lowest BCUT2D eigenvalue weighted by Gasteiger charge is -1.98. The summed E-state index contributed by atoms with van der Waals surface area (Å²) in [4.78, 5) is 0. The molecule has 1 aromatic rings. The first kappa shape index (κ1) is 8.93. The van der Waals surface area contributed by atoms with Crippen LogP contribution in [0.15, 0.2) is 17.2 Å². The normalized spacial score (nSPS) is 10.9. The molecule has 0 radical (unpaired) electrons. The molecule has 0 heterocycles. The number of nitrogens with two attached hydrogens (primary N) is 1. The monoisotopic (exact) mass is 190 g/mol. The fourth-order valence-corrected chi connectivity index (χ4v) is 0.893. The molecule has 0 aliphatic heterocycles. The minimum atomic E-state index is -0.856. The van der Waals surface area contributed by atoms with Crippen LogP contribution < -0.4 is 5.84 Å². The van der Waals surface area contributed by atoms with E-state index in [0.717, 1.165) is 12.3 Å². The van der Waals surface area contributed by atoms with Gasteiger partial charge in [-0.3, -0.25) is 0 Å². The minimum absolute atomic E-state index is 0.0592. The summed E-state index contributed by atoms with van der Waals surface area (Å²) in [5.74, 6) is 3.13. The maximum absolute atomic E-state index is 12.9. The lowest BCUT2D eigenvalue weighted by Crippen LogP contribution is -1.94. The molecule has 1 aromatic carbocycles. The van der Waals surface area contributed by atoms with E-state index in [-0.39, 0.29) is 5.56 Å². The number of hydrazone groups is 1. The fourth-order valence-electron chi connectivity index (χ4n) is 0.721. The molecule has 2 N–H and O–H groups in total. The molecule has 0 aromatic heterocycles. The zero-order valence-electron chi connectivity index (χ0n) is 5.89. The Morgan fingerprint density at radius 2 is 2.08 bits per heavy atom. The summed E-state index contributed by atoms with van der Waals surface area (Å²) < 4.78 is 25.5. The smallest absolute Gasteiger partial charge is 0.153 e. The molecule has 64 valence electrons. The van der Waals surface area contributed by atoms with Crippen LogP contribution >= 0.6 is 11.6 Å². The average molecular weight is 191 g/mol. The number of benzene rings is 1. The summed E-state index contributed by atoms with van der Waals surface area (Å²) >= 11 is 5.27. The molecule has 0 amide bonds. The Bertz CT molecular complexity index is 325. The van der Waals surface area contributed by atoms with Gasteiger partial charge in [-0.2, -0.15) is 5.10 Å². The maximum Gasteiger partial charge on any atom is 0.153 e. The topological polar surface area (TPSA) is 38.4 Å². The number of nitrogens with zero attached hydrogens (tertiary/aromatic N) is 1. The summed E-state index contributed by atoms with van der Waals surface area (Å²) in [5.41, 5.74) is 0.0592. The first-order valence-electron chi connectivity index (χ1n) is 3.03. The van der Waals surface area contributed by atoms with E-state index in [0.29, 0.717) is 0 Å². The Morgan fingerprint density at radius 1 is 1.42 bits per heavy atom. The van der Waals surface area contributed by atoms with E-state index in [9.17, 15) is 8.78 Å². The number of rotatable bonds is 1. The lowest BCUT2D eigenvalue weighted by atomic mass is 10.2. The van der Waals surface area contributed by atoms with E-state index >= 15 is 0 Å². The molecule has 2 nitrogen and oxygen atoms in total. The van der Waals surface area contributed by atoms with Gasteiger partial charge >= 0.3 is 0 Å². The van der Waals surface area contributed by atoms with Crippen molar-refractivity contribution in [2.45, 2.75) is 0 Å². The second kappa shape index (κ2) is 3.49. The predicted octanol–water partition coefficient (Wildman–Crippen LogP) is 1.91. The fraction of sp³-hybridized carbons (Fsp3) is 0. The van der Waals surface area contributed by atoms with Crippen LogP contribution in [0.3, 0.4) is 0 Å². The first-order valence-corrected chi connectivity index (χ1v) is 3.41. The SMILES string of the molecule is N/N=C/c1ccc(F)c(Cl)c1F. The van der Waals surface area contributed by atoms with E-state index in [2.05, 4.69) is 5.10 Å². The van der Waals surface area contributed by atoms with Crippen molar-refractivity contribution in [1.29, 1.82) is 0 Å². The van der Waals surface area contributed by atoms with Crippen LogP contribution in [0.25, 0.3) is 0 Å². The van der Waals surface area contributed by atoms with Gasteiger partial charge in [0.2, 0.25) is 0 Å². The van der Waals surface area contributed by atoms with Crippen LogP contribution in [0.1, 0.15) is 5.56 Å². The Balaban J connectivity index is 3.26. The van der Waals surface area contributed by atoms with Crippen LogP contribution in [0, 0.1) is 11.6 Å². The van der Waals surface area contributed by atoms with Crippen LogP contribution in [0.4, 0.5) is 8.78 Å².